The van der Waals surface area contributed by atoms with Crippen LogP contribution in [0.4, 0.5) is 0 Å². The third kappa shape index (κ3) is 1.98. The van der Waals surface area contributed by atoms with Crippen LogP contribution in [0, 0.1) is 5.92 Å². The van der Waals surface area contributed by atoms with Gasteiger partial charge < -0.3 is 10.3 Å². The Bertz CT molecular complexity index is 290. The van der Waals surface area contributed by atoms with Crippen LogP contribution < -0.4 is 5.32 Å². The van der Waals surface area contributed by atoms with Crippen LogP contribution in [0.3, 0.4) is 0 Å². The lowest BCUT2D eigenvalue weighted by Crippen LogP contribution is -2.30. The first kappa shape index (κ1) is 9.71. The third-order valence-corrected chi connectivity index (χ3v) is 2.88. The Kier molecular flexibility index (Phi) is 2.87. The van der Waals surface area contributed by atoms with Crippen LogP contribution in [0.15, 0.2) is 6.33 Å². The molecule has 1 atom stereocenters. The van der Waals surface area contributed by atoms with E-state index in [1.165, 1.54) is 24.2 Å². The molecule has 0 fully saturated rings. The summed E-state index contributed by atoms with van der Waals surface area (Å²) in [6.07, 6.45) is 5.38. The molecule has 0 bridgehead atoms. The average molecular weight is 193 g/mol. The molecule has 3 nitrogen and oxygen atoms in total. The molecule has 1 aromatic rings. The maximum Gasteiger partial charge on any atom is 0.0925 e. The van der Waals surface area contributed by atoms with E-state index in [1.54, 1.807) is 0 Å². The van der Waals surface area contributed by atoms with Gasteiger partial charge in [0.2, 0.25) is 0 Å². The normalized spacial score (nSPS) is 21.2. The lowest BCUT2D eigenvalue weighted by atomic mass is 9.97. The van der Waals surface area contributed by atoms with Gasteiger partial charge in [-0.2, -0.15) is 0 Å². The van der Waals surface area contributed by atoms with Gasteiger partial charge in [0.05, 0.1) is 18.1 Å². The molecule has 0 aromatic carbocycles. The van der Waals surface area contributed by atoms with E-state index in [2.05, 4.69) is 29.1 Å². The second kappa shape index (κ2) is 4.13. The third-order valence-electron chi connectivity index (χ3n) is 2.88. The van der Waals surface area contributed by atoms with E-state index < -0.39 is 0 Å². The summed E-state index contributed by atoms with van der Waals surface area (Å²) in [4.78, 5) is 7.62. The van der Waals surface area contributed by atoms with Crippen LogP contribution in [0.2, 0.25) is 0 Å². The first-order valence-electron chi connectivity index (χ1n) is 5.53. The minimum Gasteiger partial charge on any atom is -0.348 e. The Morgan fingerprint density at radius 3 is 3.21 bits per heavy atom. The molecule has 0 radical (unpaired) electrons. The minimum absolute atomic E-state index is 0.479. The molecule has 3 heteroatoms. The lowest BCUT2D eigenvalue weighted by molar-refractivity contribution is 0.418. The van der Waals surface area contributed by atoms with Crippen LogP contribution in [-0.4, -0.2) is 16.5 Å². The maximum atomic E-state index is 4.40. The van der Waals surface area contributed by atoms with Crippen molar-refractivity contribution in [2.24, 2.45) is 5.92 Å². The monoisotopic (exact) mass is 193 g/mol. The van der Waals surface area contributed by atoms with Crippen LogP contribution in [0.25, 0.3) is 0 Å². The van der Waals surface area contributed by atoms with Gasteiger partial charge in [-0.25, -0.2) is 4.98 Å². The van der Waals surface area contributed by atoms with E-state index in [1.807, 2.05) is 6.33 Å². The number of H-pyrrole nitrogens is 1. The standard InChI is InChI=1S/C11H19N3/c1-8(2)3-4-9-11-10(5-6-12-9)13-7-14-11/h7-9,12H,3-6H2,1-2H3,(H,13,14). The van der Waals surface area contributed by atoms with Gasteiger partial charge in [0.15, 0.2) is 0 Å². The fraction of sp³-hybridized carbons (Fsp3) is 0.727. The summed E-state index contributed by atoms with van der Waals surface area (Å²) in [5, 5.41) is 3.53. The highest BCUT2D eigenvalue weighted by Gasteiger charge is 2.21. The lowest BCUT2D eigenvalue weighted by Gasteiger charge is -2.23. The van der Waals surface area contributed by atoms with Crippen molar-refractivity contribution in [3.8, 4) is 0 Å². The molecular formula is C11H19N3. The Morgan fingerprint density at radius 2 is 2.43 bits per heavy atom. The number of imidazole rings is 1. The Morgan fingerprint density at radius 1 is 1.57 bits per heavy atom. The topological polar surface area (TPSA) is 40.7 Å². The molecule has 0 amide bonds. The summed E-state index contributed by atoms with van der Waals surface area (Å²) in [5.74, 6) is 0.779. The summed E-state index contributed by atoms with van der Waals surface area (Å²) >= 11 is 0. The molecule has 0 saturated carbocycles. The summed E-state index contributed by atoms with van der Waals surface area (Å²) < 4.78 is 0. The SMILES string of the molecule is CC(C)CCC1NCCc2[nH]cnc21. The van der Waals surface area contributed by atoms with E-state index in [0.29, 0.717) is 6.04 Å². The molecule has 78 valence electrons. The molecule has 2 N–H and O–H groups in total. The van der Waals surface area contributed by atoms with Crippen molar-refractivity contribution in [1.82, 2.24) is 15.3 Å². The van der Waals surface area contributed by atoms with Gasteiger partial charge in [-0.3, -0.25) is 0 Å². The molecule has 0 saturated heterocycles. The summed E-state index contributed by atoms with van der Waals surface area (Å²) in [7, 11) is 0. The Hall–Kier alpha value is -0.830. The van der Waals surface area contributed by atoms with Crippen molar-refractivity contribution in [2.75, 3.05) is 6.54 Å². The number of hydrogen-bond donors (Lipinski definition) is 2. The van der Waals surface area contributed by atoms with Crippen molar-refractivity contribution in [3.63, 3.8) is 0 Å². The van der Waals surface area contributed by atoms with Crippen LogP contribution in [-0.2, 0) is 6.42 Å². The van der Waals surface area contributed by atoms with E-state index in [4.69, 9.17) is 0 Å². The number of fused-ring (bicyclic) bond motifs is 1. The predicted octanol–water partition coefficient (Wildman–Crippen LogP) is 2.03. The number of rotatable bonds is 3. The molecule has 1 aliphatic rings. The zero-order chi connectivity index (χ0) is 9.97. The van der Waals surface area contributed by atoms with Crippen molar-refractivity contribution >= 4 is 0 Å². The Labute approximate surface area is 85.3 Å². The highest BCUT2D eigenvalue weighted by atomic mass is 15.0. The van der Waals surface area contributed by atoms with Gasteiger partial charge in [0.1, 0.15) is 0 Å². The summed E-state index contributed by atoms with van der Waals surface area (Å²) in [5.41, 5.74) is 2.58. The number of nitrogens with zero attached hydrogens (tertiary/aromatic N) is 1. The zero-order valence-electron chi connectivity index (χ0n) is 9.01. The molecule has 2 heterocycles. The molecule has 0 spiro atoms. The predicted molar refractivity (Wildman–Crippen MR) is 57.1 cm³/mol. The summed E-state index contributed by atoms with van der Waals surface area (Å²) in [6.45, 7) is 5.63. The van der Waals surface area contributed by atoms with Crippen LogP contribution in [0.5, 0.6) is 0 Å². The number of aromatic nitrogens is 2. The quantitative estimate of drug-likeness (QED) is 0.771. The van der Waals surface area contributed by atoms with E-state index in [0.717, 1.165) is 18.9 Å². The van der Waals surface area contributed by atoms with Gasteiger partial charge in [-0.05, 0) is 18.8 Å². The van der Waals surface area contributed by atoms with Crippen LogP contribution in [0.1, 0.15) is 44.1 Å². The molecular weight excluding hydrogens is 174 g/mol. The fourth-order valence-corrected chi connectivity index (χ4v) is 2.04. The second-order valence-corrected chi connectivity index (χ2v) is 4.49. The Balaban J connectivity index is 2.01. The molecule has 1 aliphatic heterocycles. The van der Waals surface area contributed by atoms with Gasteiger partial charge in [0, 0.05) is 18.7 Å². The maximum absolute atomic E-state index is 4.40. The highest BCUT2D eigenvalue weighted by Crippen LogP contribution is 2.24. The van der Waals surface area contributed by atoms with E-state index >= 15 is 0 Å². The number of aromatic amines is 1. The van der Waals surface area contributed by atoms with Crippen molar-refractivity contribution in [1.29, 1.82) is 0 Å². The van der Waals surface area contributed by atoms with Gasteiger partial charge in [-0.1, -0.05) is 13.8 Å². The number of hydrogen-bond acceptors (Lipinski definition) is 2. The molecule has 0 aliphatic carbocycles. The van der Waals surface area contributed by atoms with Crippen molar-refractivity contribution in [3.05, 3.63) is 17.7 Å². The first-order chi connectivity index (χ1) is 6.77. The first-order valence-corrected chi connectivity index (χ1v) is 5.53. The van der Waals surface area contributed by atoms with E-state index in [-0.39, 0.29) is 0 Å². The summed E-state index contributed by atoms with van der Waals surface area (Å²) in [6, 6.07) is 0.479. The number of nitrogens with one attached hydrogen (secondary N) is 2. The smallest absolute Gasteiger partial charge is 0.0925 e. The molecule has 1 aromatic heterocycles. The highest BCUT2D eigenvalue weighted by molar-refractivity contribution is 5.18. The van der Waals surface area contributed by atoms with Crippen molar-refractivity contribution in [2.45, 2.75) is 39.2 Å². The van der Waals surface area contributed by atoms with Gasteiger partial charge in [0.25, 0.3) is 0 Å². The fourth-order valence-electron chi connectivity index (χ4n) is 2.04. The molecule has 14 heavy (non-hydrogen) atoms. The molecule has 1 unspecified atom stereocenters. The van der Waals surface area contributed by atoms with E-state index in [9.17, 15) is 0 Å². The molecule has 2 rings (SSSR count). The second-order valence-electron chi connectivity index (χ2n) is 4.49. The van der Waals surface area contributed by atoms with Crippen molar-refractivity contribution < 1.29 is 0 Å². The minimum atomic E-state index is 0.479. The van der Waals surface area contributed by atoms with Gasteiger partial charge >= 0.3 is 0 Å². The average Bonchev–Trinajstić information content (AvgIpc) is 2.62. The largest absolute Gasteiger partial charge is 0.348 e. The zero-order valence-corrected chi connectivity index (χ0v) is 9.01. The van der Waals surface area contributed by atoms with Gasteiger partial charge in [-0.15, -0.1) is 0 Å². The van der Waals surface area contributed by atoms with Crippen LogP contribution >= 0.6 is 0 Å².